The van der Waals surface area contributed by atoms with Crippen molar-refractivity contribution in [3.8, 4) is 0 Å². The predicted octanol–water partition coefficient (Wildman–Crippen LogP) is 1.63. The molecule has 0 unspecified atom stereocenters. The molecule has 4 heteroatoms. The molecule has 0 aliphatic carbocycles. The van der Waals surface area contributed by atoms with Crippen LogP contribution >= 0.6 is 0 Å². The molecule has 1 fully saturated rings. The summed E-state index contributed by atoms with van der Waals surface area (Å²) in [5.74, 6) is 2.20. The number of hydrogen-bond donors (Lipinski definition) is 1. The van der Waals surface area contributed by atoms with Crippen molar-refractivity contribution in [1.29, 1.82) is 0 Å². The van der Waals surface area contributed by atoms with Crippen LogP contribution in [0.15, 0.2) is 0 Å². The van der Waals surface area contributed by atoms with Gasteiger partial charge in [0.2, 0.25) is 0 Å². The summed E-state index contributed by atoms with van der Waals surface area (Å²) in [6.07, 6.45) is 4.89. The lowest BCUT2D eigenvalue weighted by Crippen LogP contribution is -2.31. The number of aryl methyl sites for hydroxylation is 1. The van der Waals surface area contributed by atoms with Gasteiger partial charge in [-0.15, -0.1) is 0 Å². The number of nitrogens with zero attached hydrogens (tertiary/aromatic N) is 3. The molecule has 0 radical (unpaired) electrons. The summed E-state index contributed by atoms with van der Waals surface area (Å²) < 4.78 is 0. The normalized spacial score (nSPS) is 19.5. The van der Waals surface area contributed by atoms with Crippen LogP contribution in [0, 0.1) is 0 Å². The predicted molar refractivity (Wildman–Crippen MR) is 68.0 cm³/mol. The molecular formula is C13H20N4. The highest BCUT2D eigenvalue weighted by molar-refractivity contribution is 5.51. The maximum Gasteiger partial charge on any atom is 0.137 e. The van der Waals surface area contributed by atoms with Crippen molar-refractivity contribution in [2.24, 2.45) is 0 Å². The maximum atomic E-state index is 4.76. The summed E-state index contributed by atoms with van der Waals surface area (Å²) in [5, 5.41) is 3.39. The number of rotatable bonds is 2. The van der Waals surface area contributed by atoms with E-state index in [0.29, 0.717) is 0 Å². The molecule has 3 heterocycles. The smallest absolute Gasteiger partial charge is 0.137 e. The van der Waals surface area contributed by atoms with E-state index >= 15 is 0 Å². The number of fused-ring (bicyclic) bond motifs is 1. The van der Waals surface area contributed by atoms with Crippen molar-refractivity contribution in [1.82, 2.24) is 15.3 Å². The Balaban J connectivity index is 1.98. The van der Waals surface area contributed by atoms with Gasteiger partial charge in [-0.2, -0.15) is 0 Å². The van der Waals surface area contributed by atoms with E-state index in [-0.39, 0.29) is 0 Å². The molecule has 1 aromatic heterocycles. The van der Waals surface area contributed by atoms with Gasteiger partial charge in [-0.05, 0) is 19.3 Å². The molecule has 92 valence electrons. The summed E-state index contributed by atoms with van der Waals surface area (Å²) in [7, 11) is 0. The van der Waals surface area contributed by atoms with Crippen molar-refractivity contribution >= 4 is 5.82 Å². The van der Waals surface area contributed by atoms with Gasteiger partial charge in [-0.1, -0.05) is 6.92 Å². The zero-order chi connectivity index (χ0) is 11.7. The molecule has 0 aromatic carbocycles. The van der Waals surface area contributed by atoms with Crippen molar-refractivity contribution in [2.45, 2.75) is 45.7 Å². The van der Waals surface area contributed by atoms with Crippen LogP contribution in [0.25, 0.3) is 0 Å². The van der Waals surface area contributed by atoms with Crippen LogP contribution in [0.4, 0.5) is 5.82 Å². The summed E-state index contributed by atoms with van der Waals surface area (Å²) in [4.78, 5) is 11.8. The van der Waals surface area contributed by atoms with E-state index < -0.39 is 0 Å². The summed E-state index contributed by atoms with van der Waals surface area (Å²) >= 11 is 0. The summed E-state index contributed by atoms with van der Waals surface area (Å²) in [6.45, 7) is 6.29. The average Bonchev–Trinajstić information content (AvgIpc) is 2.86. The molecule has 0 atom stereocenters. The molecule has 0 bridgehead atoms. The monoisotopic (exact) mass is 232 g/mol. The van der Waals surface area contributed by atoms with Gasteiger partial charge in [0.15, 0.2) is 0 Å². The second-order valence-electron chi connectivity index (χ2n) is 4.89. The SMILES string of the molecule is CCc1nc2c(c(N3CCCCC3)n1)CNC2. The second-order valence-corrected chi connectivity index (χ2v) is 4.89. The number of piperidine rings is 1. The van der Waals surface area contributed by atoms with Crippen molar-refractivity contribution in [3.05, 3.63) is 17.1 Å². The Morgan fingerprint density at radius 2 is 1.94 bits per heavy atom. The lowest BCUT2D eigenvalue weighted by Gasteiger charge is -2.29. The Kier molecular flexibility index (Phi) is 2.97. The van der Waals surface area contributed by atoms with Crippen LogP contribution in [-0.2, 0) is 19.5 Å². The molecule has 0 spiro atoms. The Hall–Kier alpha value is -1.16. The van der Waals surface area contributed by atoms with Gasteiger partial charge in [0.25, 0.3) is 0 Å². The Labute approximate surface area is 102 Å². The summed E-state index contributed by atoms with van der Waals surface area (Å²) in [5.41, 5.74) is 2.56. The fourth-order valence-electron chi connectivity index (χ4n) is 2.73. The number of hydrogen-bond acceptors (Lipinski definition) is 4. The molecule has 2 aliphatic rings. The molecule has 2 aliphatic heterocycles. The van der Waals surface area contributed by atoms with E-state index in [9.17, 15) is 0 Å². The third kappa shape index (κ3) is 2.02. The molecular weight excluding hydrogens is 212 g/mol. The van der Waals surface area contributed by atoms with E-state index in [2.05, 4.69) is 22.1 Å². The van der Waals surface area contributed by atoms with Crippen LogP contribution in [0.1, 0.15) is 43.3 Å². The molecule has 1 N–H and O–H groups in total. The Bertz CT molecular complexity index is 410. The molecule has 1 aromatic rings. The molecule has 4 nitrogen and oxygen atoms in total. The molecule has 0 saturated carbocycles. The molecule has 0 amide bonds. The van der Waals surface area contributed by atoms with Gasteiger partial charge in [-0.3, -0.25) is 0 Å². The zero-order valence-corrected chi connectivity index (χ0v) is 10.5. The topological polar surface area (TPSA) is 41.1 Å². The minimum absolute atomic E-state index is 0.908. The number of aromatic nitrogens is 2. The second kappa shape index (κ2) is 4.61. The van der Waals surface area contributed by atoms with Crippen LogP contribution in [0.2, 0.25) is 0 Å². The lowest BCUT2D eigenvalue weighted by atomic mass is 10.1. The largest absolute Gasteiger partial charge is 0.356 e. The van der Waals surface area contributed by atoms with Gasteiger partial charge in [0, 0.05) is 38.2 Å². The van der Waals surface area contributed by atoms with Gasteiger partial charge in [-0.25, -0.2) is 9.97 Å². The fourth-order valence-corrected chi connectivity index (χ4v) is 2.73. The van der Waals surface area contributed by atoms with Crippen LogP contribution in [0.5, 0.6) is 0 Å². The third-order valence-electron chi connectivity index (χ3n) is 3.68. The van der Waals surface area contributed by atoms with Crippen molar-refractivity contribution in [2.75, 3.05) is 18.0 Å². The van der Waals surface area contributed by atoms with Crippen LogP contribution in [0.3, 0.4) is 0 Å². The molecule has 17 heavy (non-hydrogen) atoms. The minimum Gasteiger partial charge on any atom is -0.356 e. The first-order valence-electron chi connectivity index (χ1n) is 6.73. The fraction of sp³-hybridized carbons (Fsp3) is 0.692. The standard InChI is InChI=1S/C13H20N4/c1-2-12-15-11-9-14-8-10(11)13(16-12)17-6-4-3-5-7-17/h14H,2-9H2,1H3. The molecule has 3 rings (SSSR count). The number of nitrogens with one attached hydrogen (secondary N) is 1. The summed E-state index contributed by atoms with van der Waals surface area (Å²) in [6, 6.07) is 0. The van der Waals surface area contributed by atoms with Crippen molar-refractivity contribution in [3.63, 3.8) is 0 Å². The highest BCUT2D eigenvalue weighted by Crippen LogP contribution is 2.27. The van der Waals surface area contributed by atoms with E-state index in [1.54, 1.807) is 0 Å². The first kappa shape index (κ1) is 11.0. The molecule has 1 saturated heterocycles. The maximum absolute atomic E-state index is 4.76. The minimum atomic E-state index is 0.908. The highest BCUT2D eigenvalue weighted by atomic mass is 15.2. The zero-order valence-electron chi connectivity index (χ0n) is 10.5. The van der Waals surface area contributed by atoms with E-state index in [0.717, 1.165) is 38.4 Å². The first-order chi connectivity index (χ1) is 8.38. The highest BCUT2D eigenvalue weighted by Gasteiger charge is 2.23. The van der Waals surface area contributed by atoms with Crippen LogP contribution < -0.4 is 10.2 Å². The van der Waals surface area contributed by atoms with Gasteiger partial charge in [0.1, 0.15) is 11.6 Å². The Morgan fingerprint density at radius 3 is 2.71 bits per heavy atom. The van der Waals surface area contributed by atoms with E-state index in [4.69, 9.17) is 4.98 Å². The first-order valence-corrected chi connectivity index (χ1v) is 6.73. The number of anilines is 1. The van der Waals surface area contributed by atoms with E-state index in [1.165, 1.54) is 36.3 Å². The van der Waals surface area contributed by atoms with Crippen molar-refractivity contribution < 1.29 is 0 Å². The van der Waals surface area contributed by atoms with Gasteiger partial charge >= 0.3 is 0 Å². The van der Waals surface area contributed by atoms with Crippen LogP contribution in [-0.4, -0.2) is 23.1 Å². The Morgan fingerprint density at radius 1 is 1.12 bits per heavy atom. The third-order valence-corrected chi connectivity index (χ3v) is 3.68. The van der Waals surface area contributed by atoms with E-state index in [1.807, 2.05) is 0 Å². The quantitative estimate of drug-likeness (QED) is 0.841. The lowest BCUT2D eigenvalue weighted by molar-refractivity contribution is 0.570. The average molecular weight is 232 g/mol. The van der Waals surface area contributed by atoms with Gasteiger partial charge < -0.3 is 10.2 Å². The van der Waals surface area contributed by atoms with Gasteiger partial charge in [0.05, 0.1) is 5.69 Å².